The third-order valence-electron chi connectivity index (χ3n) is 4.05. The minimum absolute atomic E-state index is 0.0544. The molecule has 0 aliphatic carbocycles. The summed E-state index contributed by atoms with van der Waals surface area (Å²) in [7, 11) is 0. The Morgan fingerprint density at radius 2 is 1.72 bits per heavy atom. The predicted molar refractivity (Wildman–Crippen MR) is 86.0 cm³/mol. The van der Waals surface area contributed by atoms with Crippen molar-refractivity contribution < 1.29 is 18.9 Å². The number of amides is 4. The summed E-state index contributed by atoms with van der Waals surface area (Å²) in [5, 5.41) is 3.79. The van der Waals surface area contributed by atoms with Gasteiger partial charge in [0.05, 0.1) is 6.04 Å². The van der Waals surface area contributed by atoms with Crippen LogP contribution in [0.15, 0.2) is 34.9 Å². The van der Waals surface area contributed by atoms with E-state index in [2.05, 4.69) is 10.1 Å². The van der Waals surface area contributed by atoms with E-state index in [1.54, 1.807) is 19.1 Å². The molecule has 0 N–H and O–H groups in total. The van der Waals surface area contributed by atoms with Crippen molar-refractivity contribution in [1.82, 2.24) is 19.9 Å². The van der Waals surface area contributed by atoms with Crippen molar-refractivity contribution >= 4 is 17.8 Å². The Kier molecular flexibility index (Phi) is 4.35. The van der Waals surface area contributed by atoms with Gasteiger partial charge in [0.25, 0.3) is 0 Å². The highest BCUT2D eigenvalue weighted by molar-refractivity contribution is 6.44. The summed E-state index contributed by atoms with van der Waals surface area (Å²) >= 11 is 0. The first-order valence-electron chi connectivity index (χ1n) is 7.96. The number of hydrogen-bond donors (Lipinski definition) is 0. The van der Waals surface area contributed by atoms with Crippen molar-refractivity contribution in [2.24, 2.45) is 0 Å². The Labute approximate surface area is 144 Å². The van der Waals surface area contributed by atoms with Gasteiger partial charge in [-0.15, -0.1) is 0 Å². The van der Waals surface area contributed by atoms with Crippen LogP contribution in [0.4, 0.5) is 4.79 Å². The molecule has 1 unspecified atom stereocenters. The fraction of sp³-hybridized carbons (Fsp3) is 0.353. The zero-order valence-electron chi connectivity index (χ0n) is 14.2. The van der Waals surface area contributed by atoms with Gasteiger partial charge in [0, 0.05) is 5.92 Å². The molecular weight excluding hydrogens is 324 g/mol. The second-order valence-electron chi connectivity index (χ2n) is 6.14. The lowest BCUT2D eigenvalue weighted by molar-refractivity contribution is -0.144. The van der Waals surface area contributed by atoms with Crippen molar-refractivity contribution in [3.63, 3.8) is 0 Å². The number of rotatable bonds is 5. The Hall–Kier alpha value is -3.03. The topological polar surface area (TPSA) is 96.6 Å². The van der Waals surface area contributed by atoms with Crippen LogP contribution >= 0.6 is 0 Å². The fourth-order valence-corrected chi connectivity index (χ4v) is 2.59. The van der Waals surface area contributed by atoms with E-state index in [9.17, 15) is 14.4 Å². The van der Waals surface area contributed by atoms with Crippen molar-refractivity contribution in [2.75, 3.05) is 0 Å². The molecule has 0 spiro atoms. The van der Waals surface area contributed by atoms with Crippen LogP contribution in [0.1, 0.15) is 50.0 Å². The molecular formula is C17H18N4O4. The molecule has 3 rings (SSSR count). The molecule has 130 valence electrons. The van der Waals surface area contributed by atoms with Gasteiger partial charge in [0.15, 0.2) is 5.82 Å². The summed E-state index contributed by atoms with van der Waals surface area (Å²) in [6.07, 6.45) is 0. The van der Waals surface area contributed by atoms with E-state index in [4.69, 9.17) is 4.52 Å². The van der Waals surface area contributed by atoms with Gasteiger partial charge in [0.1, 0.15) is 6.54 Å². The molecule has 8 nitrogen and oxygen atoms in total. The Morgan fingerprint density at radius 3 is 2.32 bits per heavy atom. The lowest BCUT2D eigenvalue weighted by Gasteiger charge is -2.21. The molecule has 1 aromatic heterocycles. The SMILES string of the molecule is CC(C)c1noc(CN2C(=O)C(=O)N(C(C)c3ccccc3)C2=O)n1. The molecule has 1 aromatic carbocycles. The lowest BCUT2D eigenvalue weighted by atomic mass is 10.1. The van der Waals surface area contributed by atoms with Crippen LogP contribution in [0.3, 0.4) is 0 Å². The van der Waals surface area contributed by atoms with Gasteiger partial charge < -0.3 is 4.52 Å². The molecule has 25 heavy (non-hydrogen) atoms. The average Bonchev–Trinajstić information content (AvgIpc) is 3.15. The smallest absolute Gasteiger partial charge is 0.335 e. The number of imide groups is 2. The van der Waals surface area contributed by atoms with E-state index in [0.717, 1.165) is 15.4 Å². The fourth-order valence-electron chi connectivity index (χ4n) is 2.59. The third kappa shape index (κ3) is 3.02. The van der Waals surface area contributed by atoms with Crippen LogP contribution in [0.5, 0.6) is 0 Å². The van der Waals surface area contributed by atoms with E-state index in [1.807, 2.05) is 32.0 Å². The van der Waals surface area contributed by atoms with E-state index >= 15 is 0 Å². The molecule has 2 aromatic rings. The number of hydrogen-bond acceptors (Lipinski definition) is 6. The molecule has 1 aliphatic rings. The molecule has 1 saturated heterocycles. The van der Waals surface area contributed by atoms with Gasteiger partial charge >= 0.3 is 17.8 Å². The Bertz CT molecular complexity index is 815. The number of carbonyl (C=O) groups excluding carboxylic acids is 3. The highest BCUT2D eigenvalue weighted by Gasteiger charge is 2.47. The largest absolute Gasteiger partial charge is 0.337 e. The Balaban J connectivity index is 1.81. The first-order chi connectivity index (χ1) is 11.9. The van der Waals surface area contributed by atoms with E-state index in [1.165, 1.54) is 0 Å². The number of carbonyl (C=O) groups is 3. The number of aromatic nitrogens is 2. The van der Waals surface area contributed by atoms with Crippen molar-refractivity contribution in [3.05, 3.63) is 47.6 Å². The minimum Gasteiger partial charge on any atom is -0.337 e. The van der Waals surface area contributed by atoms with Gasteiger partial charge in [0.2, 0.25) is 5.89 Å². The molecule has 4 amide bonds. The number of benzene rings is 1. The van der Waals surface area contributed by atoms with Crippen molar-refractivity contribution in [1.29, 1.82) is 0 Å². The maximum Gasteiger partial charge on any atom is 0.335 e. The monoisotopic (exact) mass is 342 g/mol. The summed E-state index contributed by atoms with van der Waals surface area (Å²) in [5.74, 6) is -1.09. The molecule has 2 heterocycles. The predicted octanol–water partition coefficient (Wildman–Crippen LogP) is 2.25. The van der Waals surface area contributed by atoms with Crippen LogP contribution in [-0.4, -0.2) is 37.8 Å². The van der Waals surface area contributed by atoms with Crippen molar-refractivity contribution in [3.8, 4) is 0 Å². The summed E-state index contributed by atoms with van der Waals surface area (Å²) in [6, 6.07) is 7.81. The maximum absolute atomic E-state index is 12.6. The number of nitrogens with zero attached hydrogens (tertiary/aromatic N) is 4. The normalized spacial score (nSPS) is 16.2. The standard InChI is InChI=1S/C17H18N4O4/c1-10(2)14-18-13(25-19-14)9-20-15(22)16(23)21(17(20)24)11(3)12-7-5-4-6-8-12/h4-8,10-11H,9H2,1-3H3. The quantitative estimate of drug-likeness (QED) is 0.611. The third-order valence-corrected chi connectivity index (χ3v) is 4.05. The molecule has 0 bridgehead atoms. The maximum atomic E-state index is 12.6. The summed E-state index contributed by atoms with van der Waals surface area (Å²) in [5.41, 5.74) is 0.763. The second kappa shape index (κ2) is 6.46. The highest BCUT2D eigenvalue weighted by atomic mass is 16.5. The average molecular weight is 342 g/mol. The van der Waals surface area contributed by atoms with Crippen LogP contribution in [0.2, 0.25) is 0 Å². The zero-order valence-corrected chi connectivity index (χ0v) is 14.2. The van der Waals surface area contributed by atoms with Gasteiger partial charge in [-0.1, -0.05) is 49.3 Å². The summed E-state index contributed by atoms with van der Waals surface area (Å²) in [4.78, 5) is 43.1. The van der Waals surface area contributed by atoms with Crippen LogP contribution < -0.4 is 0 Å². The van der Waals surface area contributed by atoms with Crippen LogP contribution in [-0.2, 0) is 16.1 Å². The first kappa shape index (κ1) is 16.8. The summed E-state index contributed by atoms with van der Waals surface area (Å²) in [6.45, 7) is 5.27. The van der Waals surface area contributed by atoms with E-state index in [-0.39, 0.29) is 18.4 Å². The van der Waals surface area contributed by atoms with E-state index in [0.29, 0.717) is 5.82 Å². The zero-order chi connectivity index (χ0) is 18.1. The van der Waals surface area contributed by atoms with Gasteiger partial charge in [-0.3, -0.25) is 9.59 Å². The van der Waals surface area contributed by atoms with Gasteiger partial charge in [-0.2, -0.15) is 4.98 Å². The van der Waals surface area contributed by atoms with E-state index < -0.39 is 23.9 Å². The highest BCUT2D eigenvalue weighted by Crippen LogP contribution is 2.27. The Morgan fingerprint density at radius 1 is 1.04 bits per heavy atom. The van der Waals surface area contributed by atoms with Crippen LogP contribution in [0, 0.1) is 0 Å². The second-order valence-corrected chi connectivity index (χ2v) is 6.14. The molecule has 8 heteroatoms. The molecule has 1 aliphatic heterocycles. The van der Waals surface area contributed by atoms with Crippen LogP contribution in [0.25, 0.3) is 0 Å². The summed E-state index contributed by atoms with van der Waals surface area (Å²) < 4.78 is 5.06. The molecule has 0 radical (unpaired) electrons. The van der Waals surface area contributed by atoms with Gasteiger partial charge in [-0.25, -0.2) is 14.6 Å². The van der Waals surface area contributed by atoms with Gasteiger partial charge in [-0.05, 0) is 12.5 Å². The number of urea groups is 1. The first-order valence-corrected chi connectivity index (χ1v) is 7.96. The molecule has 1 atom stereocenters. The molecule has 0 saturated carbocycles. The van der Waals surface area contributed by atoms with Crippen molar-refractivity contribution in [2.45, 2.75) is 39.3 Å². The minimum atomic E-state index is -0.892. The lowest BCUT2D eigenvalue weighted by Crippen LogP contribution is -2.35. The molecule has 1 fully saturated rings.